The van der Waals surface area contributed by atoms with Gasteiger partial charge in [-0.05, 0) is 94.0 Å². The van der Waals surface area contributed by atoms with Crippen LogP contribution in [-0.2, 0) is 11.2 Å². The minimum atomic E-state index is -0.439. The number of rotatable bonds is 6. The van der Waals surface area contributed by atoms with Crippen LogP contribution in [0.4, 0.5) is 4.39 Å². The molecular formula is C31H38FN5O2. The summed E-state index contributed by atoms with van der Waals surface area (Å²) in [4.78, 5) is 34.8. The first-order valence-electron chi connectivity index (χ1n) is 14.4. The Kier molecular flexibility index (Phi) is 6.91. The molecule has 2 bridgehead atoms. The van der Waals surface area contributed by atoms with Crippen molar-refractivity contribution in [1.82, 2.24) is 24.7 Å². The molecule has 2 amide bonds. The molecule has 4 fully saturated rings. The maximum Gasteiger partial charge on any atom is 0.256 e. The van der Waals surface area contributed by atoms with Gasteiger partial charge in [-0.1, -0.05) is 0 Å². The Morgan fingerprint density at radius 1 is 1.15 bits per heavy atom. The average molecular weight is 532 g/mol. The van der Waals surface area contributed by atoms with Crippen LogP contribution in [0.25, 0.3) is 16.6 Å². The first-order chi connectivity index (χ1) is 18.8. The van der Waals surface area contributed by atoms with Gasteiger partial charge in [-0.25, -0.2) is 4.39 Å². The normalized spacial score (nSPS) is 24.6. The summed E-state index contributed by atoms with van der Waals surface area (Å²) in [5.74, 6) is 0.465. The Hall–Kier alpha value is -3.26. The van der Waals surface area contributed by atoms with Crippen molar-refractivity contribution in [2.75, 3.05) is 20.1 Å². The number of pyridine rings is 1. The topological polar surface area (TPSA) is 70.5 Å². The fourth-order valence-electron chi connectivity index (χ4n) is 6.81. The number of piperidine rings is 2. The predicted octanol–water partition coefficient (Wildman–Crippen LogP) is 4.57. The number of fused-ring (bicyclic) bond motifs is 4. The van der Waals surface area contributed by atoms with Crippen molar-refractivity contribution in [2.24, 2.45) is 11.8 Å². The molecule has 4 aliphatic rings. The van der Waals surface area contributed by atoms with Crippen LogP contribution in [0.1, 0.15) is 61.9 Å². The van der Waals surface area contributed by atoms with E-state index < -0.39 is 5.82 Å². The summed E-state index contributed by atoms with van der Waals surface area (Å²) < 4.78 is 16.3. The number of carbonyl (C=O) groups excluding carboxylic acids is 2. The lowest BCUT2D eigenvalue weighted by atomic mass is 9.76. The molecule has 1 aromatic carbocycles. The molecule has 7 nitrogen and oxygen atoms in total. The summed E-state index contributed by atoms with van der Waals surface area (Å²) in [6.45, 7) is 5.45. The van der Waals surface area contributed by atoms with E-state index in [9.17, 15) is 14.0 Å². The zero-order chi connectivity index (χ0) is 27.3. The van der Waals surface area contributed by atoms with E-state index in [1.807, 2.05) is 24.5 Å². The molecule has 1 saturated carbocycles. The van der Waals surface area contributed by atoms with Crippen LogP contribution in [0.5, 0.6) is 0 Å². The standard InChI is InChI=1S/C31H38FN5O2/c1-19(2)35(3)30(38)26-15-23(32)6-9-27(26)37-18-22(25-10-12-33-16-28(25)37)14-20-11-13-36(17-20)31(39)29-21-4-7-24(34-29)8-5-21/h6,9-10,12,15-16,18-21,24,29,34H,4-5,7-8,11,13-14,17H2,1-3H3/t20?,21?,24?,29-/m0/s1. The van der Waals surface area contributed by atoms with Gasteiger partial charge in [0, 0.05) is 50.0 Å². The Bertz CT molecular complexity index is 1390. The van der Waals surface area contributed by atoms with E-state index in [-0.39, 0.29) is 23.9 Å². The van der Waals surface area contributed by atoms with Crippen molar-refractivity contribution in [3.05, 3.63) is 59.8 Å². The van der Waals surface area contributed by atoms with Gasteiger partial charge in [0.2, 0.25) is 5.91 Å². The summed E-state index contributed by atoms with van der Waals surface area (Å²) in [5, 5.41) is 4.68. The molecule has 1 N–H and O–H groups in total. The van der Waals surface area contributed by atoms with Crippen LogP contribution in [0.2, 0.25) is 0 Å². The molecule has 0 spiro atoms. The minimum Gasteiger partial charge on any atom is -0.341 e. The van der Waals surface area contributed by atoms with Gasteiger partial charge in [-0.3, -0.25) is 14.6 Å². The van der Waals surface area contributed by atoms with Crippen LogP contribution in [0.3, 0.4) is 0 Å². The van der Waals surface area contributed by atoms with E-state index in [4.69, 9.17) is 0 Å². The lowest BCUT2D eigenvalue weighted by Crippen LogP contribution is -2.59. The number of amides is 2. The smallest absolute Gasteiger partial charge is 0.256 e. The van der Waals surface area contributed by atoms with Gasteiger partial charge in [-0.15, -0.1) is 0 Å². The van der Waals surface area contributed by atoms with Gasteiger partial charge in [0.1, 0.15) is 5.82 Å². The van der Waals surface area contributed by atoms with Gasteiger partial charge in [0.05, 0.1) is 29.0 Å². The molecule has 3 aromatic rings. The molecule has 206 valence electrons. The van der Waals surface area contributed by atoms with E-state index in [1.54, 1.807) is 30.4 Å². The summed E-state index contributed by atoms with van der Waals surface area (Å²) in [6, 6.07) is 6.88. The molecule has 2 aromatic heterocycles. The molecule has 8 heteroatoms. The van der Waals surface area contributed by atoms with Crippen molar-refractivity contribution >= 4 is 22.7 Å². The van der Waals surface area contributed by atoms with Gasteiger partial charge in [-0.2, -0.15) is 0 Å². The molecular weight excluding hydrogens is 493 g/mol. The zero-order valence-electron chi connectivity index (χ0n) is 23.1. The van der Waals surface area contributed by atoms with Gasteiger partial charge >= 0.3 is 0 Å². The highest BCUT2D eigenvalue weighted by Gasteiger charge is 2.42. The first-order valence-corrected chi connectivity index (χ1v) is 14.4. The second-order valence-electron chi connectivity index (χ2n) is 12.0. The van der Waals surface area contributed by atoms with Crippen molar-refractivity contribution < 1.29 is 14.0 Å². The third-order valence-electron chi connectivity index (χ3n) is 9.26. The quantitative estimate of drug-likeness (QED) is 0.506. The van der Waals surface area contributed by atoms with Crippen molar-refractivity contribution in [2.45, 2.75) is 70.5 Å². The Morgan fingerprint density at radius 3 is 2.67 bits per heavy atom. The molecule has 1 aliphatic carbocycles. The number of hydrogen-bond acceptors (Lipinski definition) is 4. The largest absolute Gasteiger partial charge is 0.341 e. The van der Waals surface area contributed by atoms with Crippen molar-refractivity contribution in [3.63, 3.8) is 0 Å². The van der Waals surface area contributed by atoms with Crippen molar-refractivity contribution in [3.8, 4) is 5.69 Å². The van der Waals surface area contributed by atoms with Crippen molar-refractivity contribution in [1.29, 1.82) is 0 Å². The number of halogens is 1. The fourth-order valence-corrected chi connectivity index (χ4v) is 6.81. The maximum atomic E-state index is 14.3. The minimum absolute atomic E-state index is 0.0114. The lowest BCUT2D eigenvalue weighted by Gasteiger charge is -2.43. The summed E-state index contributed by atoms with van der Waals surface area (Å²) in [7, 11) is 1.74. The van der Waals surface area contributed by atoms with Gasteiger partial charge in [0.15, 0.2) is 0 Å². The molecule has 3 saturated heterocycles. The average Bonchev–Trinajstić information content (AvgIpc) is 3.57. The van der Waals surface area contributed by atoms with E-state index in [0.29, 0.717) is 29.1 Å². The molecule has 2 atom stereocenters. The Labute approximate surface area is 229 Å². The first kappa shape index (κ1) is 26.0. The summed E-state index contributed by atoms with van der Waals surface area (Å²) >= 11 is 0. The number of nitrogens with zero attached hydrogens (tertiary/aromatic N) is 4. The highest BCUT2D eigenvalue weighted by atomic mass is 19.1. The number of likely N-dealkylation sites (tertiary alicyclic amines) is 1. The molecule has 39 heavy (non-hydrogen) atoms. The van der Waals surface area contributed by atoms with E-state index in [0.717, 1.165) is 42.4 Å². The number of aromatic nitrogens is 2. The molecule has 1 unspecified atom stereocenters. The van der Waals surface area contributed by atoms with Gasteiger partial charge < -0.3 is 19.7 Å². The Morgan fingerprint density at radius 2 is 1.95 bits per heavy atom. The maximum absolute atomic E-state index is 14.3. The third-order valence-corrected chi connectivity index (χ3v) is 9.26. The summed E-state index contributed by atoms with van der Waals surface area (Å²) in [5.41, 5.74) is 3.00. The number of benzene rings is 1. The molecule has 7 rings (SSSR count). The number of carbonyl (C=O) groups is 2. The van der Waals surface area contributed by atoms with Crippen LogP contribution in [-0.4, -0.2) is 69.4 Å². The number of hydrogen-bond donors (Lipinski definition) is 1. The lowest BCUT2D eigenvalue weighted by molar-refractivity contribution is -0.136. The SMILES string of the molecule is CC(C)N(C)C(=O)c1cc(F)ccc1-n1cc(CC2CCN(C(=O)[C@H]3NC4CCC3CC4)C2)c2ccncc21. The van der Waals surface area contributed by atoms with Gasteiger partial charge in [0.25, 0.3) is 5.91 Å². The molecule has 0 radical (unpaired) electrons. The van der Waals surface area contributed by atoms with E-state index in [2.05, 4.69) is 21.4 Å². The molecule has 3 aliphatic heterocycles. The second-order valence-corrected chi connectivity index (χ2v) is 12.0. The van der Waals surface area contributed by atoms with E-state index >= 15 is 0 Å². The van der Waals surface area contributed by atoms with Crippen LogP contribution in [0, 0.1) is 17.7 Å². The fraction of sp³-hybridized carbons (Fsp3) is 0.516. The zero-order valence-corrected chi connectivity index (χ0v) is 23.1. The van der Waals surface area contributed by atoms with Crippen LogP contribution in [0.15, 0.2) is 42.9 Å². The Balaban J connectivity index is 1.26. The summed E-state index contributed by atoms with van der Waals surface area (Å²) in [6.07, 6.45) is 12.2. The highest BCUT2D eigenvalue weighted by Crippen LogP contribution is 2.35. The predicted molar refractivity (Wildman–Crippen MR) is 149 cm³/mol. The molecule has 5 heterocycles. The van der Waals surface area contributed by atoms with Crippen LogP contribution >= 0.6 is 0 Å². The highest BCUT2D eigenvalue weighted by molar-refractivity contribution is 5.99. The second kappa shape index (κ2) is 10.4. The third kappa shape index (κ3) is 4.84. The van der Waals surface area contributed by atoms with E-state index in [1.165, 1.54) is 37.8 Å². The number of nitrogens with one attached hydrogen (secondary N) is 1. The monoisotopic (exact) mass is 531 g/mol. The van der Waals surface area contributed by atoms with Crippen LogP contribution < -0.4 is 5.32 Å².